The predicted molar refractivity (Wildman–Crippen MR) is 77.8 cm³/mol. The van der Waals surface area contributed by atoms with Crippen molar-refractivity contribution in [2.75, 3.05) is 13.2 Å². The molecule has 1 heterocycles. The second kappa shape index (κ2) is 7.02. The fraction of sp³-hybridized carbons (Fsp3) is 0.429. The van der Waals surface area contributed by atoms with E-state index in [0.29, 0.717) is 13.5 Å². The third-order valence-electron chi connectivity index (χ3n) is 3.27. The van der Waals surface area contributed by atoms with E-state index < -0.39 is 33.4 Å². The molecule has 0 bridgehead atoms. The summed E-state index contributed by atoms with van der Waals surface area (Å²) in [4.78, 5) is 24.0. The van der Waals surface area contributed by atoms with Gasteiger partial charge in [0, 0.05) is 0 Å². The zero-order chi connectivity index (χ0) is 18.8. The molecule has 11 heteroatoms. The molecule has 2 atom stereocenters. The number of carbonyl (C=O) groups is 2. The van der Waals surface area contributed by atoms with Crippen LogP contribution in [-0.2, 0) is 24.3 Å². The Hall–Kier alpha value is -2.11. The first kappa shape index (κ1) is 19.2. The highest BCUT2D eigenvalue weighted by Gasteiger charge is 2.52. The molecule has 1 aromatic carbocycles. The molecule has 1 fully saturated rings. The standard InChI is InChI=1S/C14H14F2O8S/c1-8(14(15,16)25(19,20)21)24-13(18)11-5-3-2-4-10(11)12(17)23-7-9-6-22-9/h2-5,8-9H,6-7H2,1H3,(H,19,20,21). The summed E-state index contributed by atoms with van der Waals surface area (Å²) in [7, 11) is -5.78. The highest BCUT2D eigenvalue weighted by Crippen LogP contribution is 2.28. The topological polar surface area (TPSA) is 120 Å². The summed E-state index contributed by atoms with van der Waals surface area (Å²) in [6.45, 7) is 1.01. The summed E-state index contributed by atoms with van der Waals surface area (Å²) < 4.78 is 70.9. The van der Waals surface area contributed by atoms with Crippen molar-refractivity contribution in [3.63, 3.8) is 0 Å². The van der Waals surface area contributed by atoms with E-state index in [9.17, 15) is 26.8 Å². The van der Waals surface area contributed by atoms with Crippen molar-refractivity contribution >= 4 is 22.1 Å². The summed E-state index contributed by atoms with van der Waals surface area (Å²) >= 11 is 0. The Morgan fingerprint density at radius 2 is 1.84 bits per heavy atom. The van der Waals surface area contributed by atoms with Gasteiger partial charge < -0.3 is 14.2 Å². The van der Waals surface area contributed by atoms with Gasteiger partial charge in [0.1, 0.15) is 12.7 Å². The predicted octanol–water partition coefficient (Wildman–Crippen LogP) is 1.27. The molecule has 1 aliphatic rings. The molecule has 0 aliphatic carbocycles. The lowest BCUT2D eigenvalue weighted by molar-refractivity contribution is -0.0550. The van der Waals surface area contributed by atoms with Gasteiger partial charge in [-0.05, 0) is 19.1 Å². The van der Waals surface area contributed by atoms with Crippen LogP contribution in [0.3, 0.4) is 0 Å². The Morgan fingerprint density at radius 1 is 1.32 bits per heavy atom. The Balaban J connectivity index is 2.15. The summed E-state index contributed by atoms with van der Waals surface area (Å²) in [6, 6.07) is 5.11. The van der Waals surface area contributed by atoms with E-state index in [-0.39, 0.29) is 23.8 Å². The minimum atomic E-state index is -5.78. The molecule has 138 valence electrons. The monoisotopic (exact) mass is 380 g/mol. The normalized spacial score (nSPS) is 18.3. The van der Waals surface area contributed by atoms with E-state index in [0.717, 1.165) is 6.07 Å². The maximum atomic E-state index is 13.5. The quantitative estimate of drug-likeness (QED) is 0.427. The molecule has 0 saturated carbocycles. The molecule has 1 aromatic rings. The Bertz CT molecular complexity index is 773. The number of hydrogen-bond acceptors (Lipinski definition) is 7. The molecule has 0 aromatic heterocycles. The van der Waals surface area contributed by atoms with E-state index in [1.54, 1.807) is 0 Å². The van der Waals surface area contributed by atoms with Gasteiger partial charge in [-0.25, -0.2) is 9.59 Å². The lowest BCUT2D eigenvalue weighted by Crippen LogP contribution is -2.42. The maximum absolute atomic E-state index is 13.5. The SMILES string of the molecule is CC(OC(=O)c1ccccc1C(=O)OCC1CO1)C(F)(F)S(=O)(=O)O. The maximum Gasteiger partial charge on any atom is 0.405 e. The fourth-order valence-corrected chi connectivity index (χ4v) is 2.22. The van der Waals surface area contributed by atoms with Crippen LogP contribution in [0, 0.1) is 0 Å². The second-order valence-corrected chi connectivity index (χ2v) is 6.68. The van der Waals surface area contributed by atoms with Crippen LogP contribution in [0.1, 0.15) is 27.6 Å². The van der Waals surface area contributed by atoms with Gasteiger partial charge in [-0.15, -0.1) is 0 Å². The molecule has 1 N–H and O–H groups in total. The van der Waals surface area contributed by atoms with Crippen LogP contribution in [0.5, 0.6) is 0 Å². The number of alkyl halides is 2. The Kier molecular flexibility index (Phi) is 5.40. The summed E-state index contributed by atoms with van der Waals surface area (Å²) in [5.74, 6) is -2.26. The van der Waals surface area contributed by atoms with Crippen LogP contribution < -0.4 is 0 Å². The zero-order valence-corrected chi connectivity index (χ0v) is 13.7. The molecule has 1 aliphatic heterocycles. The minimum Gasteiger partial charge on any atom is -0.459 e. The number of ether oxygens (including phenoxy) is 3. The van der Waals surface area contributed by atoms with Gasteiger partial charge in [0.15, 0.2) is 6.10 Å². The molecule has 2 rings (SSSR count). The van der Waals surface area contributed by atoms with Gasteiger partial charge in [-0.2, -0.15) is 17.2 Å². The van der Waals surface area contributed by atoms with Crippen molar-refractivity contribution in [3.05, 3.63) is 35.4 Å². The zero-order valence-electron chi connectivity index (χ0n) is 12.8. The first-order chi connectivity index (χ1) is 11.5. The van der Waals surface area contributed by atoms with Crippen molar-refractivity contribution in [2.45, 2.75) is 24.4 Å². The van der Waals surface area contributed by atoms with Gasteiger partial charge in [-0.3, -0.25) is 4.55 Å². The largest absolute Gasteiger partial charge is 0.459 e. The molecular formula is C14H14F2O8S. The van der Waals surface area contributed by atoms with Crippen molar-refractivity contribution in [2.24, 2.45) is 0 Å². The summed E-state index contributed by atoms with van der Waals surface area (Å²) in [5, 5.41) is -4.71. The van der Waals surface area contributed by atoms with Crippen molar-refractivity contribution in [1.29, 1.82) is 0 Å². The third-order valence-corrected chi connectivity index (χ3v) is 4.29. The highest BCUT2D eigenvalue weighted by molar-refractivity contribution is 7.86. The number of benzene rings is 1. The van der Waals surface area contributed by atoms with E-state index >= 15 is 0 Å². The number of epoxide rings is 1. The molecule has 1 saturated heterocycles. The van der Waals surface area contributed by atoms with Crippen LogP contribution in [0.25, 0.3) is 0 Å². The Morgan fingerprint density at radius 3 is 2.32 bits per heavy atom. The van der Waals surface area contributed by atoms with E-state index in [1.807, 2.05) is 0 Å². The number of halogens is 2. The highest BCUT2D eigenvalue weighted by atomic mass is 32.2. The van der Waals surface area contributed by atoms with Gasteiger partial charge in [0.25, 0.3) is 0 Å². The smallest absolute Gasteiger partial charge is 0.405 e. The summed E-state index contributed by atoms with van der Waals surface area (Å²) in [5.41, 5.74) is -0.627. The molecule has 2 unspecified atom stereocenters. The van der Waals surface area contributed by atoms with Crippen molar-refractivity contribution in [3.8, 4) is 0 Å². The van der Waals surface area contributed by atoms with Crippen molar-refractivity contribution < 1.29 is 45.6 Å². The molecule has 8 nitrogen and oxygen atoms in total. The van der Waals surface area contributed by atoms with E-state index in [4.69, 9.17) is 14.0 Å². The fourth-order valence-electron chi connectivity index (χ4n) is 1.75. The van der Waals surface area contributed by atoms with Gasteiger partial charge >= 0.3 is 27.3 Å². The van der Waals surface area contributed by atoms with Crippen LogP contribution in [0.4, 0.5) is 8.78 Å². The van der Waals surface area contributed by atoms with Gasteiger partial charge in [0.2, 0.25) is 0 Å². The van der Waals surface area contributed by atoms with Gasteiger partial charge in [0.05, 0.1) is 17.7 Å². The molecular weight excluding hydrogens is 366 g/mol. The second-order valence-electron chi connectivity index (χ2n) is 5.18. The van der Waals surface area contributed by atoms with E-state index in [2.05, 4.69) is 4.74 Å². The van der Waals surface area contributed by atoms with Crippen LogP contribution >= 0.6 is 0 Å². The number of esters is 2. The average Bonchev–Trinajstić information content (AvgIpc) is 3.35. The van der Waals surface area contributed by atoms with Crippen LogP contribution in [0.2, 0.25) is 0 Å². The number of rotatable bonds is 7. The molecule has 0 radical (unpaired) electrons. The summed E-state index contributed by atoms with van der Waals surface area (Å²) in [6.07, 6.45) is -2.70. The van der Waals surface area contributed by atoms with Crippen LogP contribution in [0.15, 0.2) is 24.3 Å². The number of hydrogen-bond donors (Lipinski definition) is 1. The lowest BCUT2D eigenvalue weighted by Gasteiger charge is -2.21. The van der Waals surface area contributed by atoms with E-state index in [1.165, 1.54) is 18.2 Å². The van der Waals surface area contributed by atoms with Crippen LogP contribution in [-0.4, -0.2) is 55.6 Å². The lowest BCUT2D eigenvalue weighted by atomic mass is 10.1. The Labute approximate surface area is 141 Å². The average molecular weight is 380 g/mol. The number of carbonyl (C=O) groups excluding carboxylic acids is 2. The molecule has 25 heavy (non-hydrogen) atoms. The first-order valence-electron chi connectivity index (χ1n) is 6.97. The third kappa shape index (κ3) is 4.50. The molecule has 0 amide bonds. The molecule has 0 spiro atoms. The van der Waals surface area contributed by atoms with Crippen molar-refractivity contribution in [1.82, 2.24) is 0 Å². The first-order valence-corrected chi connectivity index (χ1v) is 8.41. The minimum absolute atomic E-state index is 0.0283. The van der Waals surface area contributed by atoms with Gasteiger partial charge in [-0.1, -0.05) is 12.1 Å².